The minimum Gasteiger partial charge on any atom is -0.487 e. The molecule has 0 radical (unpaired) electrons. The van der Waals surface area contributed by atoms with Crippen molar-refractivity contribution in [2.24, 2.45) is 0 Å². The average Bonchev–Trinajstić information content (AvgIpc) is 2.38. The number of halogens is 1. The van der Waals surface area contributed by atoms with Crippen LogP contribution in [0, 0.1) is 0 Å². The Morgan fingerprint density at radius 3 is 2.65 bits per heavy atom. The van der Waals surface area contributed by atoms with E-state index in [1.54, 1.807) is 6.20 Å². The number of hydrogen-bond acceptors (Lipinski definition) is 3. The highest BCUT2D eigenvalue weighted by Gasteiger charge is 2.03. The number of rotatable bonds is 4. The summed E-state index contributed by atoms with van der Waals surface area (Å²) in [5, 5.41) is 8.98. The number of aromatic nitrogens is 1. The van der Waals surface area contributed by atoms with Crippen molar-refractivity contribution in [2.75, 3.05) is 0 Å². The van der Waals surface area contributed by atoms with Crippen LogP contribution in [0.3, 0.4) is 0 Å². The summed E-state index contributed by atoms with van der Waals surface area (Å²) < 4.78 is 6.35. The molecule has 2 aromatic rings. The molecule has 4 heteroatoms. The lowest BCUT2D eigenvalue weighted by atomic mass is 10.2. The van der Waals surface area contributed by atoms with Gasteiger partial charge in [0.1, 0.15) is 12.4 Å². The van der Waals surface area contributed by atoms with Gasteiger partial charge in [-0.25, -0.2) is 0 Å². The molecule has 0 aliphatic heterocycles. The smallest absolute Gasteiger partial charge is 0.139 e. The number of aliphatic hydroxyl groups is 1. The van der Waals surface area contributed by atoms with E-state index >= 15 is 0 Å². The molecule has 0 atom stereocenters. The number of ether oxygens (including phenoxy) is 1. The second-order valence-electron chi connectivity index (χ2n) is 3.53. The lowest BCUT2D eigenvalue weighted by Gasteiger charge is -2.07. The van der Waals surface area contributed by atoms with Gasteiger partial charge in [-0.15, -0.1) is 0 Å². The Balaban J connectivity index is 2.02. The fourth-order valence-corrected chi connectivity index (χ4v) is 1.84. The summed E-state index contributed by atoms with van der Waals surface area (Å²) in [7, 11) is 0. The van der Waals surface area contributed by atoms with Gasteiger partial charge in [-0.1, -0.05) is 30.3 Å². The van der Waals surface area contributed by atoms with Gasteiger partial charge in [0.05, 0.1) is 18.5 Å². The van der Waals surface area contributed by atoms with Gasteiger partial charge in [0, 0.05) is 4.47 Å². The molecule has 0 unspecified atom stereocenters. The molecule has 0 saturated carbocycles. The van der Waals surface area contributed by atoms with E-state index in [1.807, 2.05) is 36.4 Å². The highest BCUT2D eigenvalue weighted by Crippen LogP contribution is 2.21. The van der Waals surface area contributed by atoms with E-state index in [1.165, 1.54) is 0 Å². The molecular formula is C13H12BrNO2. The second kappa shape index (κ2) is 5.80. The van der Waals surface area contributed by atoms with Crippen molar-refractivity contribution >= 4 is 15.9 Å². The van der Waals surface area contributed by atoms with Crippen LogP contribution >= 0.6 is 15.9 Å². The number of hydrogen-bond donors (Lipinski definition) is 1. The van der Waals surface area contributed by atoms with Crippen molar-refractivity contribution in [1.29, 1.82) is 0 Å². The van der Waals surface area contributed by atoms with Crippen LogP contribution in [-0.4, -0.2) is 10.1 Å². The van der Waals surface area contributed by atoms with Crippen molar-refractivity contribution in [3.63, 3.8) is 0 Å². The van der Waals surface area contributed by atoms with Crippen LogP contribution in [0.25, 0.3) is 0 Å². The SMILES string of the molecule is OCc1ncc(OCc2ccccc2)cc1Br. The van der Waals surface area contributed by atoms with Crippen LogP contribution in [0.4, 0.5) is 0 Å². The molecule has 1 aromatic heterocycles. The molecule has 17 heavy (non-hydrogen) atoms. The summed E-state index contributed by atoms with van der Waals surface area (Å²) >= 11 is 3.33. The van der Waals surface area contributed by atoms with Crippen molar-refractivity contribution in [1.82, 2.24) is 4.98 Å². The monoisotopic (exact) mass is 293 g/mol. The number of pyridine rings is 1. The van der Waals surface area contributed by atoms with Gasteiger partial charge in [-0.3, -0.25) is 4.98 Å². The third-order valence-corrected chi connectivity index (χ3v) is 2.98. The molecule has 2 rings (SSSR count). The Hall–Kier alpha value is -1.39. The normalized spacial score (nSPS) is 10.2. The van der Waals surface area contributed by atoms with Crippen LogP contribution in [0.5, 0.6) is 5.75 Å². The summed E-state index contributed by atoms with van der Waals surface area (Å²) in [4.78, 5) is 4.09. The molecule has 1 N–H and O–H groups in total. The predicted molar refractivity (Wildman–Crippen MR) is 68.6 cm³/mol. The number of aliphatic hydroxyl groups excluding tert-OH is 1. The Morgan fingerprint density at radius 2 is 2.00 bits per heavy atom. The molecule has 0 saturated heterocycles. The molecule has 88 valence electrons. The first-order valence-corrected chi connectivity index (χ1v) is 6.01. The first-order chi connectivity index (χ1) is 8.29. The van der Waals surface area contributed by atoms with Crippen LogP contribution in [0.15, 0.2) is 47.1 Å². The lowest BCUT2D eigenvalue weighted by molar-refractivity contribution is 0.274. The minimum atomic E-state index is -0.0838. The maximum absolute atomic E-state index is 8.98. The summed E-state index contributed by atoms with van der Waals surface area (Å²) in [6.07, 6.45) is 1.61. The standard InChI is InChI=1S/C13H12BrNO2/c14-12-6-11(7-15-13(12)8-16)17-9-10-4-2-1-3-5-10/h1-7,16H,8-9H2. The van der Waals surface area contributed by atoms with Gasteiger partial charge in [-0.2, -0.15) is 0 Å². The van der Waals surface area contributed by atoms with E-state index in [4.69, 9.17) is 9.84 Å². The minimum absolute atomic E-state index is 0.0838. The summed E-state index contributed by atoms with van der Waals surface area (Å²) in [5.41, 5.74) is 1.71. The molecule has 0 fully saturated rings. The fraction of sp³-hybridized carbons (Fsp3) is 0.154. The molecular weight excluding hydrogens is 282 g/mol. The van der Waals surface area contributed by atoms with Gasteiger partial charge in [0.15, 0.2) is 0 Å². The molecule has 0 amide bonds. The van der Waals surface area contributed by atoms with E-state index < -0.39 is 0 Å². The van der Waals surface area contributed by atoms with Crippen LogP contribution in [0.2, 0.25) is 0 Å². The summed E-state index contributed by atoms with van der Waals surface area (Å²) in [6, 6.07) is 11.7. The van der Waals surface area contributed by atoms with Gasteiger partial charge < -0.3 is 9.84 Å². The first-order valence-electron chi connectivity index (χ1n) is 5.21. The summed E-state index contributed by atoms with van der Waals surface area (Å²) in [6.45, 7) is 0.424. The quantitative estimate of drug-likeness (QED) is 0.942. The molecule has 0 aliphatic carbocycles. The molecule has 0 bridgehead atoms. The van der Waals surface area contributed by atoms with E-state index in [2.05, 4.69) is 20.9 Å². The number of benzene rings is 1. The predicted octanol–water partition coefficient (Wildman–Crippen LogP) is 2.92. The zero-order chi connectivity index (χ0) is 12.1. The van der Waals surface area contributed by atoms with E-state index in [9.17, 15) is 0 Å². The highest BCUT2D eigenvalue weighted by molar-refractivity contribution is 9.10. The van der Waals surface area contributed by atoms with Crippen LogP contribution < -0.4 is 4.74 Å². The Kier molecular flexibility index (Phi) is 4.12. The van der Waals surface area contributed by atoms with Gasteiger partial charge >= 0.3 is 0 Å². The Morgan fingerprint density at radius 1 is 1.24 bits per heavy atom. The van der Waals surface area contributed by atoms with E-state index in [-0.39, 0.29) is 6.61 Å². The molecule has 0 aliphatic rings. The topological polar surface area (TPSA) is 42.4 Å². The van der Waals surface area contributed by atoms with Crippen LogP contribution in [0.1, 0.15) is 11.3 Å². The van der Waals surface area contributed by atoms with E-state index in [0.29, 0.717) is 18.1 Å². The third-order valence-electron chi connectivity index (χ3n) is 2.29. The lowest BCUT2D eigenvalue weighted by Crippen LogP contribution is -1.97. The van der Waals surface area contributed by atoms with E-state index in [0.717, 1.165) is 10.0 Å². The zero-order valence-corrected chi connectivity index (χ0v) is 10.7. The Bertz CT molecular complexity index is 488. The summed E-state index contributed by atoms with van der Waals surface area (Å²) in [5.74, 6) is 0.679. The van der Waals surface area contributed by atoms with Crippen molar-refractivity contribution < 1.29 is 9.84 Å². The number of nitrogens with zero attached hydrogens (tertiary/aromatic N) is 1. The third kappa shape index (κ3) is 3.28. The largest absolute Gasteiger partial charge is 0.487 e. The zero-order valence-electron chi connectivity index (χ0n) is 9.14. The molecule has 1 aromatic carbocycles. The maximum Gasteiger partial charge on any atom is 0.139 e. The maximum atomic E-state index is 8.98. The Labute approximate surface area is 108 Å². The molecule has 1 heterocycles. The van der Waals surface area contributed by atoms with Gasteiger partial charge in [0.25, 0.3) is 0 Å². The van der Waals surface area contributed by atoms with Gasteiger partial charge in [0.2, 0.25) is 0 Å². The fourth-order valence-electron chi connectivity index (χ4n) is 1.38. The van der Waals surface area contributed by atoms with Crippen LogP contribution in [-0.2, 0) is 13.2 Å². The van der Waals surface area contributed by atoms with Crippen molar-refractivity contribution in [3.8, 4) is 5.75 Å². The highest BCUT2D eigenvalue weighted by atomic mass is 79.9. The van der Waals surface area contributed by atoms with Gasteiger partial charge in [-0.05, 0) is 27.6 Å². The molecule has 3 nitrogen and oxygen atoms in total. The molecule has 0 spiro atoms. The average molecular weight is 294 g/mol. The second-order valence-corrected chi connectivity index (χ2v) is 4.39. The van der Waals surface area contributed by atoms with Crippen molar-refractivity contribution in [2.45, 2.75) is 13.2 Å². The first kappa shape index (κ1) is 12.1. The van der Waals surface area contributed by atoms with Crippen molar-refractivity contribution in [3.05, 3.63) is 58.3 Å².